The normalized spacial score (nSPS) is 11.3. The van der Waals surface area contributed by atoms with Gasteiger partial charge in [0.1, 0.15) is 18.2 Å². The first-order valence-electron chi connectivity index (χ1n) is 11.5. The van der Waals surface area contributed by atoms with Crippen LogP contribution < -0.4 is 10.1 Å². The van der Waals surface area contributed by atoms with Gasteiger partial charge in [0.15, 0.2) is 0 Å². The zero-order chi connectivity index (χ0) is 24.1. The van der Waals surface area contributed by atoms with Crippen molar-refractivity contribution in [2.24, 2.45) is 0 Å². The summed E-state index contributed by atoms with van der Waals surface area (Å²) in [6.07, 6.45) is 0.267. The van der Waals surface area contributed by atoms with Crippen molar-refractivity contribution in [2.75, 3.05) is 5.32 Å². The Morgan fingerprint density at radius 1 is 0.912 bits per heavy atom. The molecule has 174 valence electrons. The highest BCUT2D eigenvalue weighted by molar-refractivity contribution is 5.91. The molecule has 1 N–H and O–H groups in total. The summed E-state index contributed by atoms with van der Waals surface area (Å²) in [6.45, 7) is 8.90. The second-order valence-electron chi connectivity index (χ2n) is 9.56. The summed E-state index contributed by atoms with van der Waals surface area (Å²) in [5.41, 5.74) is 4.91. The first kappa shape index (κ1) is 23.3. The van der Waals surface area contributed by atoms with Gasteiger partial charge < -0.3 is 10.1 Å². The molecule has 0 aliphatic heterocycles. The van der Waals surface area contributed by atoms with Crippen LogP contribution in [-0.4, -0.2) is 15.7 Å². The number of carbonyl (C=O) groups excluding carboxylic acids is 1. The van der Waals surface area contributed by atoms with Crippen molar-refractivity contribution in [3.05, 3.63) is 107 Å². The first-order valence-corrected chi connectivity index (χ1v) is 11.5. The summed E-state index contributed by atoms with van der Waals surface area (Å²) in [5, 5.41) is 7.84. The van der Waals surface area contributed by atoms with E-state index in [1.165, 1.54) is 5.56 Å². The Morgan fingerprint density at radius 2 is 1.59 bits per heavy atom. The Bertz CT molecular complexity index is 1240. The largest absolute Gasteiger partial charge is 0.489 e. The molecule has 34 heavy (non-hydrogen) atoms. The van der Waals surface area contributed by atoms with Gasteiger partial charge in [0.25, 0.3) is 0 Å². The van der Waals surface area contributed by atoms with Crippen LogP contribution in [0.5, 0.6) is 5.75 Å². The Kier molecular flexibility index (Phi) is 6.82. The number of nitrogens with zero attached hydrogens (tertiary/aromatic N) is 2. The Hall–Kier alpha value is -3.86. The van der Waals surface area contributed by atoms with E-state index in [1.807, 2.05) is 91.9 Å². The lowest BCUT2D eigenvalue weighted by Gasteiger charge is -2.14. The van der Waals surface area contributed by atoms with Crippen LogP contribution in [0.2, 0.25) is 0 Å². The molecule has 0 radical (unpaired) electrons. The molecule has 0 bridgehead atoms. The van der Waals surface area contributed by atoms with Crippen molar-refractivity contribution in [3.8, 4) is 11.4 Å². The SMILES string of the molecule is Cc1ccc(-n2nc(C(C)(C)C)cc2NC(=O)Cc2ccc(OCc3ccccc3)cc2)cc1. The summed E-state index contributed by atoms with van der Waals surface area (Å²) >= 11 is 0. The van der Waals surface area contributed by atoms with E-state index >= 15 is 0 Å². The maximum Gasteiger partial charge on any atom is 0.229 e. The summed E-state index contributed by atoms with van der Waals surface area (Å²) in [6, 6.07) is 27.8. The van der Waals surface area contributed by atoms with Gasteiger partial charge in [-0.15, -0.1) is 0 Å². The standard InChI is InChI=1S/C29H31N3O2/c1-21-10-14-24(15-11-21)32-27(19-26(31-32)29(2,3)4)30-28(33)18-22-12-16-25(17-13-22)34-20-23-8-6-5-7-9-23/h5-17,19H,18,20H2,1-4H3,(H,30,33). The predicted molar refractivity (Wildman–Crippen MR) is 137 cm³/mol. The summed E-state index contributed by atoms with van der Waals surface area (Å²) < 4.78 is 7.65. The Labute approximate surface area is 201 Å². The third kappa shape index (κ3) is 5.93. The van der Waals surface area contributed by atoms with Gasteiger partial charge in [-0.1, -0.05) is 80.9 Å². The molecule has 0 aliphatic carbocycles. The minimum atomic E-state index is -0.134. The number of nitrogens with one attached hydrogen (secondary N) is 1. The van der Waals surface area contributed by atoms with E-state index < -0.39 is 0 Å². The van der Waals surface area contributed by atoms with Gasteiger partial charge in [0, 0.05) is 11.5 Å². The van der Waals surface area contributed by atoms with Crippen molar-refractivity contribution in [3.63, 3.8) is 0 Å². The van der Waals surface area contributed by atoms with Crippen LogP contribution in [0.25, 0.3) is 5.69 Å². The number of carbonyl (C=O) groups is 1. The van der Waals surface area contributed by atoms with Crippen molar-refractivity contribution >= 4 is 11.7 Å². The highest BCUT2D eigenvalue weighted by Crippen LogP contribution is 2.26. The third-order valence-electron chi connectivity index (χ3n) is 5.56. The second kappa shape index (κ2) is 9.96. The topological polar surface area (TPSA) is 56.2 Å². The lowest BCUT2D eigenvalue weighted by Crippen LogP contribution is -2.17. The van der Waals surface area contributed by atoms with E-state index in [2.05, 4.69) is 26.1 Å². The van der Waals surface area contributed by atoms with Gasteiger partial charge in [0.05, 0.1) is 17.8 Å². The zero-order valence-electron chi connectivity index (χ0n) is 20.2. The van der Waals surface area contributed by atoms with Crippen LogP contribution in [0, 0.1) is 6.92 Å². The lowest BCUT2D eigenvalue weighted by atomic mass is 9.92. The second-order valence-corrected chi connectivity index (χ2v) is 9.56. The van der Waals surface area contributed by atoms with Gasteiger partial charge >= 0.3 is 0 Å². The number of hydrogen-bond donors (Lipinski definition) is 1. The van der Waals surface area contributed by atoms with E-state index in [0.29, 0.717) is 12.4 Å². The van der Waals surface area contributed by atoms with Crippen LogP contribution in [0.4, 0.5) is 5.82 Å². The van der Waals surface area contributed by atoms with Gasteiger partial charge in [0.2, 0.25) is 5.91 Å². The van der Waals surface area contributed by atoms with E-state index in [4.69, 9.17) is 9.84 Å². The number of aromatic nitrogens is 2. The first-order chi connectivity index (χ1) is 16.3. The van der Waals surface area contributed by atoms with E-state index in [0.717, 1.165) is 28.3 Å². The molecular formula is C29H31N3O2. The molecular weight excluding hydrogens is 422 g/mol. The van der Waals surface area contributed by atoms with Gasteiger partial charge in [-0.3, -0.25) is 4.79 Å². The van der Waals surface area contributed by atoms with Crippen LogP contribution in [0.15, 0.2) is 84.9 Å². The molecule has 4 rings (SSSR count). The molecule has 0 unspecified atom stereocenters. The molecule has 3 aromatic carbocycles. The third-order valence-corrected chi connectivity index (χ3v) is 5.56. The molecule has 0 saturated heterocycles. The van der Waals surface area contributed by atoms with Crippen LogP contribution in [0.3, 0.4) is 0 Å². The van der Waals surface area contributed by atoms with Crippen LogP contribution in [-0.2, 0) is 23.2 Å². The molecule has 4 aromatic rings. The monoisotopic (exact) mass is 453 g/mol. The molecule has 5 heteroatoms. The zero-order valence-corrected chi connectivity index (χ0v) is 20.2. The smallest absolute Gasteiger partial charge is 0.229 e. The number of anilines is 1. The van der Waals surface area contributed by atoms with E-state index in [1.54, 1.807) is 4.68 Å². The fourth-order valence-electron chi connectivity index (χ4n) is 3.54. The number of ether oxygens (including phenoxy) is 1. The molecule has 1 heterocycles. The summed E-state index contributed by atoms with van der Waals surface area (Å²) in [5.74, 6) is 1.36. The van der Waals surface area contributed by atoms with Gasteiger partial charge in [-0.05, 0) is 42.3 Å². The highest BCUT2D eigenvalue weighted by Gasteiger charge is 2.21. The molecule has 0 atom stereocenters. The van der Waals surface area contributed by atoms with Crippen molar-refractivity contribution < 1.29 is 9.53 Å². The van der Waals surface area contributed by atoms with Crippen LogP contribution in [0.1, 0.15) is 43.2 Å². The van der Waals surface area contributed by atoms with Crippen molar-refractivity contribution in [1.82, 2.24) is 9.78 Å². The fourth-order valence-corrected chi connectivity index (χ4v) is 3.54. The molecule has 1 amide bonds. The fraction of sp³-hybridized carbons (Fsp3) is 0.241. The Balaban J connectivity index is 1.44. The van der Waals surface area contributed by atoms with E-state index in [9.17, 15) is 4.79 Å². The molecule has 5 nitrogen and oxygen atoms in total. The van der Waals surface area contributed by atoms with Crippen LogP contribution >= 0.6 is 0 Å². The summed E-state index contributed by atoms with van der Waals surface area (Å²) in [7, 11) is 0. The number of benzene rings is 3. The minimum Gasteiger partial charge on any atom is -0.489 e. The molecule has 1 aromatic heterocycles. The highest BCUT2D eigenvalue weighted by atomic mass is 16.5. The predicted octanol–water partition coefficient (Wildman–Crippen LogP) is 6.24. The van der Waals surface area contributed by atoms with Gasteiger partial charge in [-0.25, -0.2) is 4.68 Å². The van der Waals surface area contributed by atoms with Gasteiger partial charge in [-0.2, -0.15) is 5.10 Å². The maximum atomic E-state index is 12.9. The number of hydrogen-bond acceptors (Lipinski definition) is 3. The van der Waals surface area contributed by atoms with Crippen molar-refractivity contribution in [1.29, 1.82) is 0 Å². The number of amides is 1. The van der Waals surface area contributed by atoms with Crippen molar-refractivity contribution in [2.45, 2.75) is 46.1 Å². The number of rotatable bonds is 7. The summed E-state index contributed by atoms with van der Waals surface area (Å²) in [4.78, 5) is 12.9. The quantitative estimate of drug-likeness (QED) is 0.360. The lowest BCUT2D eigenvalue weighted by molar-refractivity contribution is -0.115. The average molecular weight is 454 g/mol. The molecule has 0 fully saturated rings. The molecule has 0 aliphatic rings. The molecule has 0 saturated carbocycles. The van der Waals surface area contributed by atoms with E-state index in [-0.39, 0.29) is 17.7 Å². The molecule has 0 spiro atoms. The number of aryl methyl sites for hydroxylation is 1. The average Bonchev–Trinajstić information content (AvgIpc) is 3.24. The maximum absolute atomic E-state index is 12.9. The Morgan fingerprint density at radius 3 is 2.24 bits per heavy atom. The minimum absolute atomic E-state index is 0.0910.